The summed E-state index contributed by atoms with van der Waals surface area (Å²) in [5.41, 5.74) is 6.72. The van der Waals surface area contributed by atoms with E-state index in [4.69, 9.17) is 33.7 Å². The van der Waals surface area contributed by atoms with Crippen LogP contribution >= 0.6 is 23.2 Å². The highest BCUT2D eigenvalue weighted by Crippen LogP contribution is 2.31. The lowest BCUT2D eigenvalue weighted by Crippen LogP contribution is -2.08. The van der Waals surface area contributed by atoms with Gasteiger partial charge in [0.2, 0.25) is 5.91 Å². The summed E-state index contributed by atoms with van der Waals surface area (Å²) in [6.45, 7) is 1.41. The van der Waals surface area contributed by atoms with E-state index in [-0.39, 0.29) is 5.91 Å². The molecule has 0 bridgehead atoms. The summed E-state index contributed by atoms with van der Waals surface area (Å²) < 4.78 is 5.64. The first-order chi connectivity index (χ1) is 9.45. The quantitative estimate of drug-likeness (QED) is 0.829. The van der Waals surface area contributed by atoms with Gasteiger partial charge in [-0.25, -0.2) is 0 Å². The van der Waals surface area contributed by atoms with Gasteiger partial charge < -0.3 is 15.8 Å². The number of rotatable bonds is 3. The molecule has 2 aromatic rings. The number of nitrogen functional groups attached to an aromatic ring is 1. The van der Waals surface area contributed by atoms with Gasteiger partial charge in [-0.1, -0.05) is 23.2 Å². The average molecular weight is 311 g/mol. The average Bonchev–Trinajstić information content (AvgIpc) is 2.37. The van der Waals surface area contributed by atoms with E-state index in [9.17, 15) is 4.79 Å². The van der Waals surface area contributed by atoms with E-state index in [1.165, 1.54) is 6.92 Å². The molecule has 0 heterocycles. The van der Waals surface area contributed by atoms with E-state index in [2.05, 4.69) is 5.32 Å². The number of carbonyl (C=O) groups excluding carboxylic acids is 1. The minimum Gasteiger partial charge on any atom is -0.457 e. The SMILES string of the molecule is CC(=O)Nc1cc(Oc2ccc(Cl)c(Cl)c2)ccc1N. The Kier molecular flexibility index (Phi) is 4.37. The summed E-state index contributed by atoms with van der Waals surface area (Å²) in [6.07, 6.45) is 0. The van der Waals surface area contributed by atoms with Crippen molar-refractivity contribution >= 4 is 40.5 Å². The highest BCUT2D eigenvalue weighted by molar-refractivity contribution is 6.42. The van der Waals surface area contributed by atoms with Crippen LogP contribution in [0.5, 0.6) is 11.5 Å². The number of hydrogen-bond donors (Lipinski definition) is 2. The van der Waals surface area contributed by atoms with Crippen LogP contribution in [0.1, 0.15) is 6.92 Å². The number of nitrogens with two attached hydrogens (primary N) is 1. The first-order valence-corrected chi connectivity index (χ1v) is 6.51. The van der Waals surface area contributed by atoms with Crippen LogP contribution < -0.4 is 15.8 Å². The molecule has 0 fully saturated rings. The molecule has 20 heavy (non-hydrogen) atoms. The molecule has 0 aliphatic carbocycles. The van der Waals surface area contributed by atoms with Crippen molar-refractivity contribution in [1.82, 2.24) is 0 Å². The van der Waals surface area contributed by atoms with Crippen LogP contribution in [-0.4, -0.2) is 5.91 Å². The predicted octanol–water partition coefficient (Wildman–Crippen LogP) is 4.33. The van der Waals surface area contributed by atoms with Gasteiger partial charge in [-0.2, -0.15) is 0 Å². The minimum absolute atomic E-state index is 0.205. The van der Waals surface area contributed by atoms with Gasteiger partial charge in [-0.05, 0) is 24.3 Å². The molecule has 0 radical (unpaired) electrons. The molecule has 0 atom stereocenters. The summed E-state index contributed by atoms with van der Waals surface area (Å²) >= 11 is 11.8. The van der Waals surface area contributed by atoms with E-state index >= 15 is 0 Å². The highest BCUT2D eigenvalue weighted by atomic mass is 35.5. The number of benzene rings is 2. The number of halogens is 2. The van der Waals surface area contributed by atoms with Crippen LogP contribution in [0, 0.1) is 0 Å². The van der Waals surface area contributed by atoms with Crippen molar-refractivity contribution in [1.29, 1.82) is 0 Å². The standard InChI is InChI=1S/C14H12Cl2N2O2/c1-8(19)18-14-7-10(3-5-13(14)17)20-9-2-4-11(15)12(16)6-9/h2-7H,17H2,1H3,(H,18,19). The molecule has 0 unspecified atom stereocenters. The fourth-order valence-electron chi connectivity index (χ4n) is 1.57. The summed E-state index contributed by atoms with van der Waals surface area (Å²) in [5.74, 6) is 0.864. The van der Waals surface area contributed by atoms with E-state index in [1.807, 2.05) is 0 Å². The topological polar surface area (TPSA) is 64.3 Å². The summed E-state index contributed by atoms with van der Waals surface area (Å²) in [4.78, 5) is 11.1. The molecule has 1 amide bonds. The fourth-order valence-corrected chi connectivity index (χ4v) is 1.86. The van der Waals surface area contributed by atoms with Gasteiger partial charge in [-0.15, -0.1) is 0 Å². The summed E-state index contributed by atoms with van der Waals surface area (Å²) in [5, 5.41) is 3.49. The summed E-state index contributed by atoms with van der Waals surface area (Å²) in [7, 11) is 0. The molecule has 0 saturated carbocycles. The number of ether oxygens (including phenoxy) is 1. The Balaban J connectivity index is 2.24. The Morgan fingerprint density at radius 2 is 1.75 bits per heavy atom. The number of anilines is 2. The van der Waals surface area contributed by atoms with Gasteiger partial charge in [0.15, 0.2) is 0 Å². The first-order valence-electron chi connectivity index (χ1n) is 5.76. The van der Waals surface area contributed by atoms with Crippen molar-refractivity contribution in [3.63, 3.8) is 0 Å². The van der Waals surface area contributed by atoms with Crippen LogP contribution in [0.25, 0.3) is 0 Å². The van der Waals surface area contributed by atoms with Crippen molar-refractivity contribution in [3.8, 4) is 11.5 Å². The Labute approximate surface area is 126 Å². The Bertz CT molecular complexity index is 660. The van der Waals surface area contributed by atoms with Crippen molar-refractivity contribution < 1.29 is 9.53 Å². The van der Waals surface area contributed by atoms with Gasteiger partial charge in [0.1, 0.15) is 11.5 Å². The molecule has 0 saturated heterocycles. The molecule has 104 valence electrons. The van der Waals surface area contributed by atoms with Gasteiger partial charge in [0.25, 0.3) is 0 Å². The Hall–Kier alpha value is -1.91. The van der Waals surface area contributed by atoms with Crippen LogP contribution in [0.15, 0.2) is 36.4 Å². The molecule has 0 aromatic heterocycles. The number of carbonyl (C=O) groups is 1. The van der Waals surface area contributed by atoms with Crippen molar-refractivity contribution in [2.75, 3.05) is 11.1 Å². The fraction of sp³-hybridized carbons (Fsp3) is 0.0714. The number of hydrogen-bond acceptors (Lipinski definition) is 3. The third-order valence-corrected chi connectivity index (χ3v) is 3.20. The zero-order valence-corrected chi connectivity index (χ0v) is 12.1. The smallest absolute Gasteiger partial charge is 0.221 e. The number of nitrogens with one attached hydrogen (secondary N) is 1. The number of amides is 1. The third kappa shape index (κ3) is 3.56. The summed E-state index contributed by atoms with van der Waals surface area (Å²) in [6, 6.07) is 9.94. The van der Waals surface area contributed by atoms with Crippen LogP contribution in [-0.2, 0) is 4.79 Å². The lowest BCUT2D eigenvalue weighted by Gasteiger charge is -2.10. The van der Waals surface area contributed by atoms with Gasteiger partial charge in [-0.3, -0.25) is 4.79 Å². The van der Waals surface area contributed by atoms with E-state index < -0.39 is 0 Å². The first kappa shape index (κ1) is 14.5. The zero-order valence-electron chi connectivity index (χ0n) is 10.6. The van der Waals surface area contributed by atoms with Crippen LogP contribution in [0.2, 0.25) is 10.0 Å². The maximum Gasteiger partial charge on any atom is 0.221 e. The molecular formula is C14H12Cl2N2O2. The van der Waals surface area contributed by atoms with Crippen LogP contribution in [0.4, 0.5) is 11.4 Å². The predicted molar refractivity (Wildman–Crippen MR) is 81.7 cm³/mol. The zero-order chi connectivity index (χ0) is 14.7. The van der Waals surface area contributed by atoms with E-state index in [0.29, 0.717) is 32.9 Å². The normalized spacial score (nSPS) is 10.2. The lowest BCUT2D eigenvalue weighted by molar-refractivity contribution is -0.114. The maximum atomic E-state index is 11.1. The lowest BCUT2D eigenvalue weighted by atomic mass is 10.2. The second-order valence-electron chi connectivity index (χ2n) is 4.11. The van der Waals surface area contributed by atoms with Crippen molar-refractivity contribution in [3.05, 3.63) is 46.4 Å². The Morgan fingerprint density at radius 1 is 1.10 bits per heavy atom. The van der Waals surface area contributed by atoms with Gasteiger partial charge in [0.05, 0.1) is 21.4 Å². The van der Waals surface area contributed by atoms with Gasteiger partial charge in [0, 0.05) is 19.1 Å². The largest absolute Gasteiger partial charge is 0.457 e. The van der Waals surface area contributed by atoms with E-state index in [1.54, 1.807) is 36.4 Å². The van der Waals surface area contributed by atoms with E-state index in [0.717, 1.165) is 0 Å². The maximum absolute atomic E-state index is 11.1. The third-order valence-electron chi connectivity index (χ3n) is 2.46. The molecule has 0 aliphatic rings. The Morgan fingerprint density at radius 3 is 2.40 bits per heavy atom. The second kappa shape index (κ2) is 6.03. The minimum atomic E-state index is -0.205. The molecule has 2 rings (SSSR count). The highest BCUT2D eigenvalue weighted by Gasteiger charge is 2.06. The van der Waals surface area contributed by atoms with Crippen LogP contribution in [0.3, 0.4) is 0 Å². The monoisotopic (exact) mass is 310 g/mol. The molecule has 2 aromatic carbocycles. The molecule has 0 aliphatic heterocycles. The molecule has 4 nitrogen and oxygen atoms in total. The van der Waals surface area contributed by atoms with Crippen molar-refractivity contribution in [2.45, 2.75) is 6.92 Å². The van der Waals surface area contributed by atoms with Crippen molar-refractivity contribution in [2.24, 2.45) is 0 Å². The molecule has 0 spiro atoms. The molecular weight excluding hydrogens is 299 g/mol. The molecule has 3 N–H and O–H groups in total. The molecule has 6 heteroatoms. The second-order valence-corrected chi connectivity index (χ2v) is 4.92. The van der Waals surface area contributed by atoms with Gasteiger partial charge >= 0.3 is 0 Å².